The van der Waals surface area contributed by atoms with Crippen LogP contribution < -0.4 is 10.6 Å². The van der Waals surface area contributed by atoms with E-state index in [-0.39, 0.29) is 10.8 Å². The van der Waals surface area contributed by atoms with E-state index in [1.54, 1.807) is 6.07 Å². The van der Waals surface area contributed by atoms with E-state index in [0.29, 0.717) is 24.8 Å². The van der Waals surface area contributed by atoms with Crippen LogP contribution in [0.4, 0.5) is 5.82 Å². The van der Waals surface area contributed by atoms with Crippen LogP contribution >= 0.6 is 0 Å². The molecule has 0 unspecified atom stereocenters. The van der Waals surface area contributed by atoms with Crippen LogP contribution in [0.25, 0.3) is 0 Å². The van der Waals surface area contributed by atoms with Gasteiger partial charge in [0.1, 0.15) is 10.7 Å². The second-order valence-corrected chi connectivity index (χ2v) is 6.63. The molecular weight excluding hydrogens is 266 g/mol. The summed E-state index contributed by atoms with van der Waals surface area (Å²) in [6, 6.07) is 3.41. The third-order valence-electron chi connectivity index (χ3n) is 2.76. The first kappa shape index (κ1) is 13.8. The number of hydrogen-bond acceptors (Lipinski definition) is 5. The minimum absolute atomic E-state index is 0.0214. The van der Waals surface area contributed by atoms with Crippen LogP contribution in [0.5, 0.6) is 0 Å². The highest BCUT2D eigenvalue weighted by atomic mass is 32.2. The summed E-state index contributed by atoms with van der Waals surface area (Å²) in [5.41, 5.74) is 0. The van der Waals surface area contributed by atoms with Crippen molar-refractivity contribution in [2.45, 2.75) is 30.2 Å². The number of sulfone groups is 1. The van der Waals surface area contributed by atoms with Crippen LogP contribution in [0.2, 0.25) is 0 Å². The third kappa shape index (κ3) is 4.20. The van der Waals surface area contributed by atoms with Gasteiger partial charge in [0, 0.05) is 31.5 Å². The van der Waals surface area contributed by atoms with Crippen LogP contribution in [-0.4, -0.2) is 38.2 Å². The molecular formula is C12H17N3O3S. The lowest BCUT2D eigenvalue weighted by Gasteiger charge is -2.09. The van der Waals surface area contributed by atoms with Gasteiger partial charge in [0.05, 0.1) is 0 Å². The van der Waals surface area contributed by atoms with Gasteiger partial charge in [-0.15, -0.1) is 0 Å². The Morgan fingerprint density at radius 2 is 2.21 bits per heavy atom. The van der Waals surface area contributed by atoms with Gasteiger partial charge >= 0.3 is 0 Å². The molecule has 1 fully saturated rings. The fourth-order valence-corrected chi connectivity index (χ4v) is 2.45. The highest BCUT2D eigenvalue weighted by Crippen LogP contribution is 2.19. The smallest absolute Gasteiger partial charge is 0.221 e. The maximum atomic E-state index is 11.5. The maximum Gasteiger partial charge on any atom is 0.221 e. The van der Waals surface area contributed by atoms with Crippen LogP contribution in [0.1, 0.15) is 19.3 Å². The fourth-order valence-electron chi connectivity index (χ4n) is 1.64. The Kier molecular flexibility index (Phi) is 4.04. The van der Waals surface area contributed by atoms with Gasteiger partial charge in [0.15, 0.2) is 9.84 Å². The molecule has 1 amide bonds. The molecule has 104 valence electrons. The van der Waals surface area contributed by atoms with E-state index in [1.807, 2.05) is 0 Å². The summed E-state index contributed by atoms with van der Waals surface area (Å²) in [4.78, 5) is 15.6. The number of hydrogen-bond donors (Lipinski definition) is 2. The van der Waals surface area contributed by atoms with Gasteiger partial charge in [0.2, 0.25) is 5.91 Å². The number of nitrogens with zero attached hydrogens (tertiary/aromatic N) is 1. The topological polar surface area (TPSA) is 88.2 Å². The number of rotatable bonds is 6. The Hall–Kier alpha value is -1.63. The lowest BCUT2D eigenvalue weighted by atomic mass is 10.3. The lowest BCUT2D eigenvalue weighted by Crippen LogP contribution is -2.27. The van der Waals surface area contributed by atoms with E-state index in [0.717, 1.165) is 19.1 Å². The van der Waals surface area contributed by atoms with Crippen LogP contribution in [0, 0.1) is 0 Å². The molecule has 0 radical (unpaired) electrons. The predicted molar refractivity (Wildman–Crippen MR) is 71.6 cm³/mol. The average Bonchev–Trinajstić information content (AvgIpc) is 3.12. The normalized spacial score (nSPS) is 15.0. The highest BCUT2D eigenvalue weighted by molar-refractivity contribution is 7.90. The van der Waals surface area contributed by atoms with Gasteiger partial charge in [-0.05, 0) is 25.0 Å². The number of carbonyl (C=O) groups excluding carboxylic acids is 1. The standard InChI is InChI=1S/C12H17N3O3S/c1-19(17,18)10-3-2-7-13-12(10)14-8-6-11(16)15-9-4-5-9/h2-3,7,9H,4-6,8H2,1H3,(H,13,14)(H,15,16). The summed E-state index contributed by atoms with van der Waals surface area (Å²) >= 11 is 0. The van der Waals surface area contributed by atoms with E-state index < -0.39 is 9.84 Å². The zero-order chi connectivity index (χ0) is 13.9. The van der Waals surface area contributed by atoms with E-state index >= 15 is 0 Å². The van der Waals surface area contributed by atoms with Crippen LogP contribution in [0.3, 0.4) is 0 Å². The maximum absolute atomic E-state index is 11.5. The Bertz CT molecular complexity index is 567. The van der Waals surface area contributed by atoms with Crippen molar-refractivity contribution in [1.29, 1.82) is 0 Å². The van der Waals surface area contributed by atoms with Crippen LogP contribution in [0.15, 0.2) is 23.2 Å². The Balaban J connectivity index is 1.90. The molecule has 0 aromatic carbocycles. The van der Waals surface area contributed by atoms with Crippen molar-refractivity contribution in [3.05, 3.63) is 18.3 Å². The van der Waals surface area contributed by atoms with Gasteiger partial charge < -0.3 is 10.6 Å². The number of amides is 1. The molecule has 1 saturated carbocycles. The largest absolute Gasteiger partial charge is 0.368 e. The summed E-state index contributed by atoms with van der Waals surface area (Å²) in [5, 5.41) is 5.76. The van der Waals surface area contributed by atoms with Crippen molar-refractivity contribution in [2.24, 2.45) is 0 Å². The first-order valence-electron chi connectivity index (χ1n) is 6.15. The average molecular weight is 283 g/mol. The van der Waals surface area contributed by atoms with Crippen molar-refractivity contribution < 1.29 is 13.2 Å². The molecule has 2 rings (SSSR count). The van der Waals surface area contributed by atoms with Gasteiger partial charge in [-0.25, -0.2) is 13.4 Å². The molecule has 1 aromatic rings. The molecule has 7 heteroatoms. The highest BCUT2D eigenvalue weighted by Gasteiger charge is 2.22. The monoisotopic (exact) mass is 283 g/mol. The Morgan fingerprint density at radius 3 is 2.84 bits per heavy atom. The molecule has 0 spiro atoms. The molecule has 2 N–H and O–H groups in total. The van der Waals surface area contributed by atoms with Gasteiger partial charge in [-0.2, -0.15) is 0 Å². The van der Waals surface area contributed by atoms with E-state index in [1.165, 1.54) is 12.3 Å². The zero-order valence-electron chi connectivity index (χ0n) is 10.7. The second-order valence-electron chi connectivity index (χ2n) is 4.64. The molecule has 0 atom stereocenters. The number of pyridine rings is 1. The first-order chi connectivity index (χ1) is 8.97. The van der Waals surface area contributed by atoms with Gasteiger partial charge in [-0.3, -0.25) is 4.79 Å². The number of anilines is 1. The fraction of sp³-hybridized carbons (Fsp3) is 0.500. The third-order valence-corrected chi connectivity index (χ3v) is 3.89. The molecule has 6 nitrogen and oxygen atoms in total. The number of carbonyl (C=O) groups is 1. The van der Waals surface area contributed by atoms with Gasteiger partial charge in [-0.1, -0.05) is 0 Å². The second kappa shape index (κ2) is 5.56. The number of aromatic nitrogens is 1. The molecule has 0 aliphatic heterocycles. The van der Waals surface area contributed by atoms with E-state index in [9.17, 15) is 13.2 Å². The predicted octanol–water partition coefficient (Wildman–Crippen LogP) is 0.566. The van der Waals surface area contributed by atoms with Gasteiger partial charge in [0.25, 0.3) is 0 Å². The van der Waals surface area contributed by atoms with Crippen molar-refractivity contribution >= 4 is 21.6 Å². The minimum atomic E-state index is -3.32. The van der Waals surface area contributed by atoms with Crippen molar-refractivity contribution in [3.8, 4) is 0 Å². The first-order valence-corrected chi connectivity index (χ1v) is 8.04. The summed E-state index contributed by atoms with van der Waals surface area (Å²) < 4.78 is 23.1. The molecule has 1 aliphatic rings. The van der Waals surface area contributed by atoms with Crippen molar-refractivity contribution in [3.63, 3.8) is 0 Å². The molecule has 1 aromatic heterocycles. The SMILES string of the molecule is CS(=O)(=O)c1cccnc1NCCC(=O)NC1CC1. The molecule has 1 aliphatic carbocycles. The lowest BCUT2D eigenvalue weighted by molar-refractivity contribution is -0.120. The Labute approximate surface area is 112 Å². The minimum Gasteiger partial charge on any atom is -0.368 e. The molecule has 0 saturated heterocycles. The van der Waals surface area contributed by atoms with Crippen molar-refractivity contribution in [1.82, 2.24) is 10.3 Å². The zero-order valence-corrected chi connectivity index (χ0v) is 11.5. The summed E-state index contributed by atoms with van der Waals surface area (Å²) in [6.07, 6.45) is 5.06. The molecule has 19 heavy (non-hydrogen) atoms. The number of nitrogens with one attached hydrogen (secondary N) is 2. The quantitative estimate of drug-likeness (QED) is 0.796. The summed E-state index contributed by atoms with van der Waals surface area (Å²) in [6.45, 7) is 0.359. The Morgan fingerprint density at radius 1 is 1.47 bits per heavy atom. The summed E-state index contributed by atoms with van der Waals surface area (Å²) in [5.74, 6) is 0.274. The molecule has 1 heterocycles. The van der Waals surface area contributed by atoms with Crippen molar-refractivity contribution in [2.75, 3.05) is 18.1 Å². The molecule has 0 bridgehead atoms. The van der Waals surface area contributed by atoms with Crippen LogP contribution in [-0.2, 0) is 14.6 Å². The van der Waals surface area contributed by atoms with E-state index in [4.69, 9.17) is 0 Å². The summed E-state index contributed by atoms with van der Waals surface area (Å²) in [7, 11) is -3.32. The van der Waals surface area contributed by atoms with E-state index in [2.05, 4.69) is 15.6 Å².